The quantitative estimate of drug-likeness (QED) is 0.592. The topological polar surface area (TPSA) is 81.7 Å². The molecule has 2 aromatic carbocycles. The van der Waals surface area contributed by atoms with E-state index in [0.717, 1.165) is 11.0 Å². The molecule has 1 heterocycles. The first-order chi connectivity index (χ1) is 15.6. The number of rotatable bonds is 6. The van der Waals surface area contributed by atoms with Crippen molar-refractivity contribution in [1.82, 2.24) is 10.6 Å². The summed E-state index contributed by atoms with van der Waals surface area (Å²) in [5.41, 5.74) is 0.362. The monoisotopic (exact) mass is 481 g/mol. The molecule has 6 nitrogen and oxygen atoms in total. The zero-order valence-corrected chi connectivity index (χ0v) is 18.2. The van der Waals surface area contributed by atoms with E-state index in [9.17, 15) is 27.9 Å². The van der Waals surface area contributed by atoms with E-state index in [1.165, 1.54) is 18.2 Å². The smallest absolute Gasteiger partial charge is 0.252 e. The number of nitrogens with zero attached hydrogens (tertiary/aromatic N) is 1. The summed E-state index contributed by atoms with van der Waals surface area (Å²) in [5, 5.41) is 15.6. The molecule has 3 atom stereocenters. The minimum Gasteiger partial charge on any atom is -0.392 e. The van der Waals surface area contributed by atoms with Crippen molar-refractivity contribution >= 4 is 29.1 Å². The molecule has 0 radical (unpaired) electrons. The first-order valence-corrected chi connectivity index (χ1v) is 10.9. The molecule has 2 aromatic rings. The lowest BCUT2D eigenvalue weighted by atomic mass is 9.87. The fourth-order valence-corrected chi connectivity index (χ4v) is 4.48. The van der Waals surface area contributed by atoms with E-state index in [1.807, 2.05) is 0 Å². The van der Waals surface area contributed by atoms with Crippen LogP contribution in [-0.4, -0.2) is 47.6 Å². The van der Waals surface area contributed by atoms with E-state index in [2.05, 4.69) is 10.6 Å². The van der Waals surface area contributed by atoms with Crippen molar-refractivity contribution in [3.8, 4) is 0 Å². The predicted octanol–water partition coefficient (Wildman–Crippen LogP) is 3.19. The van der Waals surface area contributed by atoms with Crippen LogP contribution in [0.3, 0.4) is 0 Å². The molecule has 4 rings (SSSR count). The molecule has 0 aromatic heterocycles. The molecule has 2 aliphatic rings. The number of hydrogen-bond donors (Lipinski definition) is 3. The lowest BCUT2D eigenvalue weighted by Crippen LogP contribution is -2.55. The average Bonchev–Trinajstić information content (AvgIpc) is 3.17. The van der Waals surface area contributed by atoms with Crippen LogP contribution >= 0.6 is 11.6 Å². The highest BCUT2D eigenvalue weighted by Crippen LogP contribution is 2.39. The predicted molar refractivity (Wildman–Crippen MR) is 117 cm³/mol. The molecule has 2 amide bonds. The number of carbonyl (C=O) groups is 2. The number of nitrogens with one attached hydrogen (secondary N) is 2. The highest BCUT2D eigenvalue weighted by Gasteiger charge is 2.47. The van der Waals surface area contributed by atoms with Crippen molar-refractivity contribution in [1.29, 1.82) is 0 Å². The van der Waals surface area contributed by atoms with Crippen molar-refractivity contribution in [2.24, 2.45) is 0 Å². The molecule has 1 aliphatic carbocycles. The molecular formula is C23H23ClF3N3O3. The molecule has 2 fully saturated rings. The number of anilines is 1. The molecule has 1 aliphatic heterocycles. The van der Waals surface area contributed by atoms with E-state index in [4.69, 9.17) is 11.6 Å². The fraction of sp³-hybridized carbons (Fsp3) is 0.391. The number of hydrogen-bond acceptors (Lipinski definition) is 4. The van der Waals surface area contributed by atoms with Gasteiger partial charge >= 0.3 is 0 Å². The number of halogens is 4. The van der Waals surface area contributed by atoms with Crippen LogP contribution in [0.4, 0.5) is 18.9 Å². The molecule has 176 valence electrons. The van der Waals surface area contributed by atoms with Gasteiger partial charge in [-0.2, -0.15) is 0 Å². The van der Waals surface area contributed by atoms with Crippen LogP contribution < -0.4 is 15.5 Å². The van der Waals surface area contributed by atoms with Crippen molar-refractivity contribution in [2.45, 2.75) is 49.4 Å². The Balaban J connectivity index is 1.76. The van der Waals surface area contributed by atoms with Crippen molar-refractivity contribution in [2.75, 3.05) is 11.4 Å². The average molecular weight is 482 g/mol. The van der Waals surface area contributed by atoms with Gasteiger partial charge in [-0.3, -0.25) is 14.5 Å². The third kappa shape index (κ3) is 5.15. The zero-order valence-electron chi connectivity index (χ0n) is 17.5. The summed E-state index contributed by atoms with van der Waals surface area (Å²) in [6, 6.07) is 8.63. The Labute approximate surface area is 193 Å². The standard InChI is InChI=1S/C23H23ClF3N3O3/c24-18-7-2-1-6-17(18)20(21(32)29-14-10-23(26,27)11-14)30(15-5-3-4-13(25)8-15)22(33)19-9-16(31)12-28-19/h1-8,14,16,19-20,28,31H,9-12H2,(H,29,32)/t16?,19?,20-/m0/s1. The van der Waals surface area contributed by atoms with Crippen LogP contribution in [0.25, 0.3) is 0 Å². The van der Waals surface area contributed by atoms with E-state index in [0.29, 0.717) is 0 Å². The van der Waals surface area contributed by atoms with Crippen LogP contribution in [0.5, 0.6) is 0 Å². The molecule has 1 saturated carbocycles. The number of β-amino-alcohol motifs (C(OH)–C–C–N with tert-alkyl or cyclic N) is 1. The Morgan fingerprint density at radius 2 is 1.91 bits per heavy atom. The van der Waals surface area contributed by atoms with Crippen molar-refractivity contribution in [3.05, 3.63) is 64.9 Å². The maximum Gasteiger partial charge on any atom is 0.252 e. The Hall–Kier alpha value is -2.62. The van der Waals surface area contributed by atoms with Crippen LogP contribution in [0, 0.1) is 5.82 Å². The van der Waals surface area contributed by atoms with E-state index < -0.39 is 60.6 Å². The number of aliphatic hydroxyl groups excluding tert-OH is 1. The first kappa shape index (κ1) is 23.5. The van der Waals surface area contributed by atoms with Gasteiger partial charge in [-0.15, -0.1) is 0 Å². The molecule has 0 bridgehead atoms. The summed E-state index contributed by atoms with van der Waals surface area (Å²) >= 11 is 6.38. The molecule has 2 unspecified atom stereocenters. The number of alkyl halides is 2. The summed E-state index contributed by atoms with van der Waals surface area (Å²) in [4.78, 5) is 28.1. The lowest BCUT2D eigenvalue weighted by Gasteiger charge is -2.38. The summed E-state index contributed by atoms with van der Waals surface area (Å²) < 4.78 is 40.8. The second-order valence-corrected chi connectivity index (χ2v) is 8.84. The maximum atomic E-state index is 14.1. The normalized spacial score (nSPS) is 22.9. The number of benzene rings is 2. The molecule has 33 heavy (non-hydrogen) atoms. The van der Waals surface area contributed by atoms with Crippen molar-refractivity contribution < 1.29 is 27.9 Å². The van der Waals surface area contributed by atoms with Gasteiger partial charge < -0.3 is 15.7 Å². The SMILES string of the molecule is O=C(NC1CC(F)(F)C1)[C@H](c1ccccc1Cl)N(C(=O)C1CC(O)CN1)c1cccc(F)c1. The highest BCUT2D eigenvalue weighted by atomic mass is 35.5. The Bertz CT molecular complexity index is 1050. The van der Waals surface area contributed by atoms with Crippen LogP contribution in [0.15, 0.2) is 48.5 Å². The van der Waals surface area contributed by atoms with Gasteiger partial charge in [0.1, 0.15) is 11.9 Å². The van der Waals surface area contributed by atoms with Gasteiger partial charge in [-0.25, -0.2) is 13.2 Å². The summed E-state index contributed by atoms with van der Waals surface area (Å²) in [6.45, 7) is 0.188. The van der Waals surface area contributed by atoms with Crippen LogP contribution in [0.2, 0.25) is 5.02 Å². The molecule has 10 heteroatoms. The third-order valence-electron chi connectivity index (χ3n) is 5.87. The Morgan fingerprint density at radius 1 is 1.18 bits per heavy atom. The first-order valence-electron chi connectivity index (χ1n) is 10.6. The van der Waals surface area contributed by atoms with Gasteiger partial charge in [0.25, 0.3) is 5.92 Å². The minimum atomic E-state index is -2.85. The maximum absolute atomic E-state index is 14.1. The molecule has 3 N–H and O–H groups in total. The van der Waals surface area contributed by atoms with Gasteiger partial charge in [0, 0.05) is 41.7 Å². The highest BCUT2D eigenvalue weighted by molar-refractivity contribution is 6.31. The van der Waals surface area contributed by atoms with Crippen LogP contribution in [0.1, 0.15) is 30.9 Å². The fourth-order valence-electron chi connectivity index (χ4n) is 4.24. The second kappa shape index (κ2) is 9.32. The zero-order chi connectivity index (χ0) is 23.8. The van der Waals surface area contributed by atoms with E-state index in [1.54, 1.807) is 24.3 Å². The summed E-state index contributed by atoms with van der Waals surface area (Å²) in [7, 11) is 0. The van der Waals surface area contributed by atoms with Gasteiger partial charge in [-0.05, 0) is 30.7 Å². The van der Waals surface area contributed by atoms with Gasteiger partial charge in [0.2, 0.25) is 11.8 Å². The van der Waals surface area contributed by atoms with Gasteiger partial charge in [0.15, 0.2) is 0 Å². The lowest BCUT2D eigenvalue weighted by molar-refractivity contribution is -0.133. The number of carbonyl (C=O) groups excluding carboxylic acids is 2. The summed E-state index contributed by atoms with van der Waals surface area (Å²) in [5.74, 6) is -4.75. The number of amides is 2. The Kier molecular flexibility index (Phi) is 6.65. The minimum absolute atomic E-state index is 0.0993. The molecule has 0 spiro atoms. The van der Waals surface area contributed by atoms with Crippen molar-refractivity contribution in [3.63, 3.8) is 0 Å². The van der Waals surface area contributed by atoms with E-state index >= 15 is 0 Å². The van der Waals surface area contributed by atoms with Gasteiger partial charge in [-0.1, -0.05) is 35.9 Å². The molecule has 1 saturated heterocycles. The summed E-state index contributed by atoms with van der Waals surface area (Å²) in [6.07, 6.45) is -1.65. The third-order valence-corrected chi connectivity index (χ3v) is 6.22. The van der Waals surface area contributed by atoms with E-state index in [-0.39, 0.29) is 29.2 Å². The largest absolute Gasteiger partial charge is 0.392 e. The number of aliphatic hydroxyl groups is 1. The van der Waals surface area contributed by atoms with Crippen LogP contribution in [-0.2, 0) is 9.59 Å². The Morgan fingerprint density at radius 3 is 2.52 bits per heavy atom. The van der Waals surface area contributed by atoms with Gasteiger partial charge in [0.05, 0.1) is 12.1 Å². The second-order valence-electron chi connectivity index (χ2n) is 8.43. The molecular weight excluding hydrogens is 459 g/mol.